The first kappa shape index (κ1) is 15.4. The molecule has 0 saturated heterocycles. The van der Waals surface area contributed by atoms with E-state index in [-0.39, 0.29) is 10.7 Å². The van der Waals surface area contributed by atoms with Crippen molar-refractivity contribution >= 4 is 29.4 Å². The summed E-state index contributed by atoms with van der Waals surface area (Å²) in [7, 11) is 0. The Morgan fingerprint density at radius 1 is 1.45 bits per heavy atom. The highest BCUT2D eigenvalue weighted by Gasteiger charge is 2.13. The molecular formula is C13H9ClN4O4. The first-order valence-electron chi connectivity index (χ1n) is 5.90. The van der Waals surface area contributed by atoms with Gasteiger partial charge in [-0.1, -0.05) is 11.6 Å². The van der Waals surface area contributed by atoms with Gasteiger partial charge in [0.05, 0.1) is 16.7 Å². The van der Waals surface area contributed by atoms with E-state index in [9.17, 15) is 20.0 Å². The van der Waals surface area contributed by atoms with Crippen molar-refractivity contribution in [2.45, 2.75) is 0 Å². The van der Waals surface area contributed by atoms with Crippen LogP contribution < -0.4 is 5.43 Å². The predicted molar refractivity (Wildman–Crippen MR) is 79.1 cm³/mol. The molecule has 8 nitrogen and oxygen atoms in total. The molecule has 0 atom stereocenters. The average molecular weight is 321 g/mol. The quantitative estimate of drug-likeness (QED) is 0.387. The van der Waals surface area contributed by atoms with E-state index in [0.717, 1.165) is 6.07 Å². The Bertz CT molecular complexity index is 763. The van der Waals surface area contributed by atoms with Crippen LogP contribution in [0.15, 0.2) is 41.6 Å². The summed E-state index contributed by atoms with van der Waals surface area (Å²) in [5.41, 5.74) is 2.26. The highest BCUT2D eigenvalue weighted by Crippen LogP contribution is 2.25. The fourth-order valence-electron chi connectivity index (χ4n) is 1.55. The predicted octanol–water partition coefficient (Wildman–Crippen LogP) is 2.11. The number of hydrogen-bond donors (Lipinski definition) is 2. The van der Waals surface area contributed by atoms with Gasteiger partial charge in [-0.25, -0.2) is 10.4 Å². The molecule has 2 aromatic rings. The van der Waals surface area contributed by atoms with Gasteiger partial charge in [0.15, 0.2) is 5.75 Å². The zero-order chi connectivity index (χ0) is 16.1. The molecule has 0 spiro atoms. The molecule has 0 aliphatic heterocycles. The number of nitrogens with zero attached hydrogens (tertiary/aromatic N) is 3. The van der Waals surface area contributed by atoms with E-state index >= 15 is 0 Å². The number of phenolic OH excluding ortho intramolecular Hbond substituents is 1. The van der Waals surface area contributed by atoms with E-state index < -0.39 is 22.3 Å². The van der Waals surface area contributed by atoms with Gasteiger partial charge >= 0.3 is 5.69 Å². The largest absolute Gasteiger partial charge is 0.502 e. The van der Waals surface area contributed by atoms with Gasteiger partial charge < -0.3 is 5.11 Å². The number of nitrogens with one attached hydrogen (secondary N) is 1. The van der Waals surface area contributed by atoms with Gasteiger partial charge in [0, 0.05) is 17.8 Å². The van der Waals surface area contributed by atoms with E-state index in [1.165, 1.54) is 30.6 Å². The Kier molecular flexibility index (Phi) is 4.64. The van der Waals surface area contributed by atoms with Crippen LogP contribution in [0.2, 0.25) is 5.15 Å². The first-order valence-corrected chi connectivity index (χ1v) is 6.28. The minimum atomic E-state index is -0.722. The number of pyridine rings is 1. The molecule has 112 valence electrons. The molecule has 1 heterocycles. The van der Waals surface area contributed by atoms with E-state index in [1.807, 2.05) is 0 Å². The molecule has 0 unspecified atom stereocenters. The Hall–Kier alpha value is -3.00. The second-order valence-electron chi connectivity index (χ2n) is 4.05. The number of aromatic nitrogens is 1. The number of nitro benzene ring substituents is 1. The van der Waals surface area contributed by atoms with Crippen molar-refractivity contribution in [3.63, 3.8) is 0 Å². The van der Waals surface area contributed by atoms with Gasteiger partial charge in [-0.3, -0.25) is 14.9 Å². The lowest BCUT2D eigenvalue weighted by molar-refractivity contribution is -0.385. The van der Waals surface area contributed by atoms with Crippen molar-refractivity contribution in [2.75, 3.05) is 0 Å². The monoisotopic (exact) mass is 320 g/mol. The SMILES string of the molecule is O=C(N/N=C/c1ccc(O)c([N+](=O)[O-])c1)c1cccnc1Cl. The van der Waals surface area contributed by atoms with Gasteiger partial charge in [0.2, 0.25) is 0 Å². The number of hydrazone groups is 1. The number of carbonyl (C=O) groups excluding carboxylic acids is 1. The summed E-state index contributed by atoms with van der Waals surface area (Å²) in [5.74, 6) is -1.02. The lowest BCUT2D eigenvalue weighted by Crippen LogP contribution is -2.18. The lowest BCUT2D eigenvalue weighted by Gasteiger charge is -2.01. The number of aromatic hydroxyl groups is 1. The van der Waals surface area contributed by atoms with E-state index in [4.69, 9.17) is 11.6 Å². The maximum Gasteiger partial charge on any atom is 0.311 e. The number of amides is 1. The van der Waals surface area contributed by atoms with Crippen LogP contribution in [0, 0.1) is 10.1 Å². The number of halogens is 1. The Labute approximate surface area is 129 Å². The summed E-state index contributed by atoms with van der Waals surface area (Å²) in [4.78, 5) is 25.5. The third kappa shape index (κ3) is 3.55. The van der Waals surface area contributed by atoms with Crippen molar-refractivity contribution < 1.29 is 14.8 Å². The molecule has 2 rings (SSSR count). The van der Waals surface area contributed by atoms with Crippen LogP contribution >= 0.6 is 11.6 Å². The first-order chi connectivity index (χ1) is 10.5. The van der Waals surface area contributed by atoms with Gasteiger partial charge in [-0.15, -0.1) is 0 Å². The molecule has 0 aliphatic rings. The summed E-state index contributed by atoms with van der Waals surface area (Å²) in [6, 6.07) is 6.73. The summed E-state index contributed by atoms with van der Waals surface area (Å²) >= 11 is 5.76. The van der Waals surface area contributed by atoms with Crippen molar-refractivity contribution in [1.82, 2.24) is 10.4 Å². The Morgan fingerprint density at radius 3 is 2.91 bits per heavy atom. The average Bonchev–Trinajstić information content (AvgIpc) is 2.49. The number of nitro groups is 1. The second-order valence-corrected chi connectivity index (χ2v) is 4.40. The third-order valence-electron chi connectivity index (χ3n) is 2.58. The van der Waals surface area contributed by atoms with Crippen molar-refractivity contribution in [2.24, 2.45) is 5.10 Å². The Balaban J connectivity index is 2.10. The maximum atomic E-state index is 11.8. The van der Waals surface area contributed by atoms with Crippen LogP contribution in [-0.2, 0) is 0 Å². The van der Waals surface area contributed by atoms with Crippen molar-refractivity contribution in [1.29, 1.82) is 0 Å². The van der Waals surface area contributed by atoms with E-state index in [2.05, 4.69) is 15.5 Å². The summed E-state index contributed by atoms with van der Waals surface area (Å²) in [5, 5.41) is 23.7. The maximum absolute atomic E-state index is 11.8. The molecule has 0 fully saturated rings. The third-order valence-corrected chi connectivity index (χ3v) is 2.88. The summed E-state index contributed by atoms with van der Waals surface area (Å²) in [6.07, 6.45) is 2.65. The fraction of sp³-hybridized carbons (Fsp3) is 0. The van der Waals surface area contributed by atoms with Crippen LogP contribution in [-0.4, -0.2) is 27.1 Å². The van der Waals surface area contributed by atoms with E-state index in [1.54, 1.807) is 6.07 Å². The Morgan fingerprint density at radius 2 is 2.23 bits per heavy atom. The molecule has 0 saturated carbocycles. The van der Waals surface area contributed by atoms with Crippen LogP contribution in [0.3, 0.4) is 0 Å². The highest BCUT2D eigenvalue weighted by molar-refractivity contribution is 6.32. The smallest absolute Gasteiger partial charge is 0.311 e. The van der Waals surface area contributed by atoms with Crippen molar-refractivity contribution in [3.05, 3.63) is 62.9 Å². The van der Waals surface area contributed by atoms with Gasteiger partial charge in [-0.2, -0.15) is 5.10 Å². The van der Waals surface area contributed by atoms with Gasteiger partial charge in [0.1, 0.15) is 5.15 Å². The minimum Gasteiger partial charge on any atom is -0.502 e. The zero-order valence-corrected chi connectivity index (χ0v) is 11.7. The topological polar surface area (TPSA) is 118 Å². The van der Waals surface area contributed by atoms with Crippen LogP contribution in [0.5, 0.6) is 5.75 Å². The molecule has 22 heavy (non-hydrogen) atoms. The molecule has 0 radical (unpaired) electrons. The highest BCUT2D eigenvalue weighted by atomic mass is 35.5. The molecule has 1 aromatic heterocycles. The number of phenols is 1. The van der Waals surface area contributed by atoms with Gasteiger partial charge in [0.25, 0.3) is 5.91 Å². The van der Waals surface area contributed by atoms with Crippen molar-refractivity contribution in [3.8, 4) is 5.75 Å². The fourth-order valence-corrected chi connectivity index (χ4v) is 1.75. The molecule has 0 bridgehead atoms. The minimum absolute atomic E-state index is 0.0375. The van der Waals surface area contributed by atoms with Crippen LogP contribution in [0.1, 0.15) is 15.9 Å². The molecule has 1 aromatic carbocycles. The molecule has 1 amide bonds. The second kappa shape index (κ2) is 6.64. The number of carbonyl (C=O) groups is 1. The van der Waals surface area contributed by atoms with Crippen LogP contribution in [0.4, 0.5) is 5.69 Å². The number of benzene rings is 1. The molecule has 2 N–H and O–H groups in total. The standard InChI is InChI=1S/C13H9ClN4O4/c14-12-9(2-1-5-15-12)13(20)17-16-7-8-3-4-11(19)10(6-8)18(21)22/h1-7,19H,(H,17,20)/b16-7+. The molecule has 0 aliphatic carbocycles. The van der Waals surface area contributed by atoms with Crippen LogP contribution in [0.25, 0.3) is 0 Å². The summed E-state index contributed by atoms with van der Waals surface area (Å²) in [6.45, 7) is 0. The summed E-state index contributed by atoms with van der Waals surface area (Å²) < 4.78 is 0. The lowest BCUT2D eigenvalue weighted by atomic mass is 10.2. The normalized spacial score (nSPS) is 10.6. The molecule has 9 heteroatoms. The number of hydrogen-bond acceptors (Lipinski definition) is 6. The number of rotatable bonds is 4. The van der Waals surface area contributed by atoms with Gasteiger partial charge in [-0.05, 0) is 24.3 Å². The molecular weight excluding hydrogens is 312 g/mol. The zero-order valence-electron chi connectivity index (χ0n) is 10.9. The van der Waals surface area contributed by atoms with E-state index in [0.29, 0.717) is 5.56 Å².